The van der Waals surface area contributed by atoms with Crippen LogP contribution in [0.15, 0.2) is 23.1 Å². The molecule has 2 heterocycles. The Morgan fingerprint density at radius 3 is 2.65 bits per heavy atom. The van der Waals surface area contributed by atoms with Crippen LogP contribution in [0.3, 0.4) is 0 Å². The number of ether oxygens (including phenoxy) is 2. The number of benzene rings is 1. The van der Waals surface area contributed by atoms with E-state index in [1.807, 2.05) is 0 Å². The molecular weight excluding hydrogens is 418 g/mol. The van der Waals surface area contributed by atoms with Gasteiger partial charge in [0.2, 0.25) is 15.9 Å². The van der Waals surface area contributed by atoms with Crippen molar-refractivity contribution < 1.29 is 22.7 Å². The molecule has 2 aliphatic heterocycles. The summed E-state index contributed by atoms with van der Waals surface area (Å²) in [4.78, 5) is 15.1. The van der Waals surface area contributed by atoms with Crippen LogP contribution in [0.25, 0.3) is 0 Å². The van der Waals surface area contributed by atoms with Crippen LogP contribution in [0.1, 0.15) is 38.5 Å². The molecule has 0 unspecified atom stereocenters. The number of carbonyl (C=O) groups is 1. The van der Waals surface area contributed by atoms with E-state index < -0.39 is 10.0 Å². The molecule has 1 saturated carbocycles. The summed E-state index contributed by atoms with van der Waals surface area (Å²) in [6.45, 7) is 3.78. The summed E-state index contributed by atoms with van der Waals surface area (Å²) in [5.74, 6) is 0.650. The Kier molecular flexibility index (Phi) is 7.15. The maximum atomic E-state index is 13.2. The van der Waals surface area contributed by atoms with Crippen molar-refractivity contribution >= 4 is 21.6 Å². The molecule has 1 aromatic carbocycles. The molecule has 1 N–H and O–H groups in total. The average Bonchev–Trinajstić information content (AvgIpc) is 3.50. The molecule has 0 spiro atoms. The highest BCUT2D eigenvalue weighted by molar-refractivity contribution is 7.89. The van der Waals surface area contributed by atoms with Gasteiger partial charge in [-0.15, -0.1) is 0 Å². The normalized spacial score (nSPS) is 22.6. The Balaban J connectivity index is 1.45. The number of piperidine rings is 1. The molecule has 4 rings (SSSR count). The number of anilines is 1. The van der Waals surface area contributed by atoms with E-state index >= 15 is 0 Å². The molecule has 31 heavy (non-hydrogen) atoms. The minimum Gasteiger partial charge on any atom is -0.495 e. The summed E-state index contributed by atoms with van der Waals surface area (Å²) in [6.07, 6.45) is 6.07. The van der Waals surface area contributed by atoms with Crippen molar-refractivity contribution in [3.05, 3.63) is 18.2 Å². The highest BCUT2D eigenvalue weighted by Gasteiger charge is 2.33. The monoisotopic (exact) mass is 451 g/mol. The van der Waals surface area contributed by atoms with Gasteiger partial charge in [0.05, 0.1) is 20.3 Å². The fourth-order valence-corrected chi connectivity index (χ4v) is 6.13. The quantitative estimate of drug-likeness (QED) is 0.620. The first-order chi connectivity index (χ1) is 15.0. The lowest BCUT2D eigenvalue weighted by Gasteiger charge is -2.27. The van der Waals surface area contributed by atoms with Gasteiger partial charge in [-0.3, -0.25) is 9.69 Å². The molecule has 8 nitrogen and oxygen atoms in total. The van der Waals surface area contributed by atoms with Crippen molar-refractivity contribution in [2.24, 2.45) is 5.92 Å². The molecular formula is C22H33N3O5S. The molecule has 1 aromatic rings. The summed E-state index contributed by atoms with van der Waals surface area (Å²) in [5, 5.41) is 2.90. The van der Waals surface area contributed by atoms with Gasteiger partial charge >= 0.3 is 0 Å². The number of hydrogen-bond donors (Lipinski definition) is 1. The van der Waals surface area contributed by atoms with E-state index in [1.165, 1.54) is 17.5 Å². The molecule has 1 amide bonds. The topological polar surface area (TPSA) is 88.2 Å². The third kappa shape index (κ3) is 5.58. The third-order valence-corrected chi connectivity index (χ3v) is 8.23. The molecule has 1 atom stereocenters. The zero-order valence-corrected chi connectivity index (χ0v) is 19.0. The van der Waals surface area contributed by atoms with E-state index in [4.69, 9.17) is 9.47 Å². The van der Waals surface area contributed by atoms with Gasteiger partial charge in [0.15, 0.2) is 0 Å². The molecule has 3 aliphatic rings. The Labute approximate surface area is 184 Å². The second-order valence-electron chi connectivity index (χ2n) is 8.77. The number of hydrogen-bond acceptors (Lipinski definition) is 6. The standard InChI is InChI=1S/C22H33N3O5S/c1-29-20-8-5-18(13-21(20)31(27,28)25-10-3-2-4-11-25)23-22(26)15-24(19-6-7-19)14-17-9-12-30-16-17/h5,8,13,17,19H,2-4,6-7,9-12,14-16H2,1H3,(H,23,26)/t17-/m0/s1. The lowest BCUT2D eigenvalue weighted by molar-refractivity contribution is -0.117. The second-order valence-corrected chi connectivity index (χ2v) is 10.7. The minimum atomic E-state index is -3.67. The van der Waals surface area contributed by atoms with Crippen molar-refractivity contribution in [1.29, 1.82) is 0 Å². The van der Waals surface area contributed by atoms with Crippen LogP contribution in [0.5, 0.6) is 5.75 Å². The van der Waals surface area contributed by atoms with Crippen LogP contribution < -0.4 is 10.1 Å². The number of amides is 1. The van der Waals surface area contributed by atoms with Gasteiger partial charge in [-0.25, -0.2) is 8.42 Å². The summed E-state index contributed by atoms with van der Waals surface area (Å²) in [6, 6.07) is 5.30. The second kappa shape index (κ2) is 9.85. The minimum absolute atomic E-state index is 0.108. The zero-order valence-electron chi connectivity index (χ0n) is 18.2. The molecule has 9 heteroatoms. The van der Waals surface area contributed by atoms with Crippen molar-refractivity contribution in [2.75, 3.05) is 51.8 Å². The van der Waals surface area contributed by atoms with Crippen molar-refractivity contribution in [2.45, 2.75) is 49.5 Å². The lowest BCUT2D eigenvalue weighted by atomic mass is 10.1. The molecule has 0 radical (unpaired) electrons. The first kappa shape index (κ1) is 22.5. The number of carbonyl (C=O) groups excluding carboxylic acids is 1. The predicted molar refractivity (Wildman–Crippen MR) is 118 cm³/mol. The average molecular weight is 452 g/mol. The molecule has 3 fully saturated rings. The van der Waals surface area contributed by atoms with Gasteiger partial charge in [0.1, 0.15) is 10.6 Å². The molecule has 2 saturated heterocycles. The summed E-state index contributed by atoms with van der Waals surface area (Å²) in [7, 11) is -2.21. The van der Waals surface area contributed by atoms with Crippen LogP contribution in [0.4, 0.5) is 5.69 Å². The summed E-state index contributed by atoms with van der Waals surface area (Å²) >= 11 is 0. The SMILES string of the molecule is COc1ccc(NC(=O)CN(C[C@@H]2CCOC2)C2CC2)cc1S(=O)(=O)N1CCCCC1. The Morgan fingerprint density at radius 2 is 2.00 bits per heavy atom. The number of methoxy groups -OCH3 is 1. The van der Waals surface area contributed by atoms with E-state index in [-0.39, 0.29) is 10.8 Å². The zero-order chi connectivity index (χ0) is 21.8. The predicted octanol–water partition coefficient (Wildman–Crippen LogP) is 2.31. The molecule has 0 bridgehead atoms. The van der Waals surface area contributed by atoms with Crippen molar-refractivity contribution in [1.82, 2.24) is 9.21 Å². The van der Waals surface area contributed by atoms with Crippen LogP contribution in [0.2, 0.25) is 0 Å². The van der Waals surface area contributed by atoms with Gasteiger partial charge in [-0.05, 0) is 56.2 Å². The van der Waals surface area contributed by atoms with E-state index in [1.54, 1.807) is 12.1 Å². The molecule has 1 aliphatic carbocycles. The largest absolute Gasteiger partial charge is 0.495 e. The number of rotatable bonds is 9. The maximum absolute atomic E-state index is 13.2. The Bertz CT molecular complexity index is 875. The Morgan fingerprint density at radius 1 is 1.23 bits per heavy atom. The first-order valence-corrected chi connectivity index (χ1v) is 12.7. The van der Waals surface area contributed by atoms with Crippen LogP contribution in [0, 0.1) is 5.92 Å². The lowest BCUT2D eigenvalue weighted by Crippen LogP contribution is -2.38. The number of sulfonamides is 1. The van der Waals surface area contributed by atoms with Gasteiger partial charge in [-0.1, -0.05) is 6.42 Å². The summed E-state index contributed by atoms with van der Waals surface area (Å²) in [5.41, 5.74) is 0.473. The highest BCUT2D eigenvalue weighted by atomic mass is 32.2. The first-order valence-electron chi connectivity index (χ1n) is 11.3. The van der Waals surface area contributed by atoms with E-state index in [9.17, 15) is 13.2 Å². The van der Waals surface area contributed by atoms with Crippen LogP contribution in [-0.4, -0.2) is 76.1 Å². The van der Waals surface area contributed by atoms with Crippen molar-refractivity contribution in [3.63, 3.8) is 0 Å². The fourth-order valence-electron chi connectivity index (χ4n) is 4.43. The van der Waals surface area contributed by atoms with Gasteiger partial charge < -0.3 is 14.8 Å². The third-order valence-electron chi connectivity index (χ3n) is 6.31. The highest BCUT2D eigenvalue weighted by Crippen LogP contribution is 2.32. The van der Waals surface area contributed by atoms with Gasteiger partial charge in [0, 0.05) is 38.0 Å². The van der Waals surface area contributed by atoms with E-state index in [0.29, 0.717) is 43.0 Å². The van der Waals surface area contributed by atoms with Gasteiger partial charge in [0.25, 0.3) is 0 Å². The smallest absolute Gasteiger partial charge is 0.246 e. The van der Waals surface area contributed by atoms with Crippen LogP contribution in [-0.2, 0) is 19.6 Å². The van der Waals surface area contributed by atoms with Crippen LogP contribution >= 0.6 is 0 Å². The Hall–Kier alpha value is -1.68. The van der Waals surface area contributed by atoms with Crippen molar-refractivity contribution in [3.8, 4) is 5.75 Å². The number of nitrogens with zero attached hydrogens (tertiary/aromatic N) is 2. The molecule has 0 aromatic heterocycles. The fraction of sp³-hybridized carbons (Fsp3) is 0.682. The summed E-state index contributed by atoms with van der Waals surface area (Å²) < 4.78 is 38.7. The van der Waals surface area contributed by atoms with E-state index in [0.717, 1.165) is 58.3 Å². The maximum Gasteiger partial charge on any atom is 0.246 e. The molecule has 172 valence electrons. The van der Waals surface area contributed by atoms with E-state index in [2.05, 4.69) is 10.2 Å². The number of nitrogens with one attached hydrogen (secondary N) is 1. The van der Waals surface area contributed by atoms with Gasteiger partial charge in [-0.2, -0.15) is 4.31 Å².